The molecule has 1 aliphatic heterocycles. The molecular formula is C15H15ClN2O3S2. The number of thiophene rings is 1. The monoisotopic (exact) mass is 370 g/mol. The normalized spacial score (nSPS) is 15.7. The number of nitrogens with zero attached hydrogens (tertiary/aromatic N) is 1. The second-order valence-electron chi connectivity index (χ2n) is 5.22. The van der Waals surface area contributed by atoms with E-state index < -0.39 is 10.0 Å². The third-order valence-corrected chi connectivity index (χ3v) is 6.81. The minimum Gasteiger partial charge on any atom is -0.321 e. The topological polar surface area (TPSA) is 66.5 Å². The van der Waals surface area contributed by atoms with E-state index in [0.29, 0.717) is 28.7 Å². The van der Waals surface area contributed by atoms with Crippen molar-refractivity contribution in [3.05, 3.63) is 45.6 Å². The van der Waals surface area contributed by atoms with Crippen molar-refractivity contribution in [1.82, 2.24) is 4.31 Å². The Morgan fingerprint density at radius 1 is 1.17 bits per heavy atom. The lowest BCUT2D eigenvalue weighted by Crippen LogP contribution is -2.27. The molecule has 0 radical (unpaired) electrons. The molecule has 0 spiro atoms. The molecule has 0 bridgehead atoms. The predicted octanol–water partition coefficient (Wildman–Crippen LogP) is 3.44. The molecule has 1 amide bonds. The third-order valence-electron chi connectivity index (χ3n) is 3.60. The highest BCUT2D eigenvalue weighted by Crippen LogP contribution is 2.26. The third kappa shape index (κ3) is 3.58. The first-order valence-corrected chi connectivity index (χ1v) is 9.82. The first kappa shape index (κ1) is 16.4. The van der Waals surface area contributed by atoms with Gasteiger partial charge in [0.2, 0.25) is 10.0 Å². The van der Waals surface area contributed by atoms with E-state index in [0.717, 1.165) is 24.2 Å². The zero-order valence-electron chi connectivity index (χ0n) is 12.2. The molecule has 3 rings (SSSR count). The zero-order chi connectivity index (χ0) is 16.4. The van der Waals surface area contributed by atoms with Gasteiger partial charge in [-0.05, 0) is 43.2 Å². The molecule has 2 heterocycles. The van der Waals surface area contributed by atoms with E-state index in [1.807, 2.05) is 0 Å². The summed E-state index contributed by atoms with van der Waals surface area (Å²) < 4.78 is 26.4. The van der Waals surface area contributed by atoms with Crippen LogP contribution >= 0.6 is 22.9 Å². The minimum absolute atomic E-state index is 0.186. The molecule has 1 aromatic heterocycles. The number of hydrogen-bond acceptors (Lipinski definition) is 4. The first-order valence-electron chi connectivity index (χ1n) is 7.12. The fourth-order valence-corrected chi connectivity index (χ4v) is 5.18. The van der Waals surface area contributed by atoms with Gasteiger partial charge in [0.05, 0.1) is 9.77 Å². The number of nitrogens with one attached hydrogen (secondary N) is 1. The molecule has 2 aromatic rings. The van der Waals surface area contributed by atoms with Gasteiger partial charge in [0.25, 0.3) is 5.91 Å². The Morgan fingerprint density at radius 2 is 1.83 bits per heavy atom. The number of carbonyl (C=O) groups is 1. The summed E-state index contributed by atoms with van der Waals surface area (Å²) >= 11 is 6.92. The van der Waals surface area contributed by atoms with Gasteiger partial charge in [-0.3, -0.25) is 4.79 Å². The van der Waals surface area contributed by atoms with Crippen LogP contribution in [0.2, 0.25) is 5.02 Å². The van der Waals surface area contributed by atoms with Gasteiger partial charge in [-0.25, -0.2) is 8.42 Å². The molecule has 1 saturated heterocycles. The number of carbonyl (C=O) groups excluding carboxylic acids is 1. The predicted molar refractivity (Wildman–Crippen MR) is 91.7 cm³/mol. The Balaban J connectivity index is 1.76. The Labute approximate surface area is 143 Å². The van der Waals surface area contributed by atoms with Gasteiger partial charge < -0.3 is 5.32 Å². The molecule has 0 saturated carbocycles. The van der Waals surface area contributed by atoms with E-state index in [9.17, 15) is 13.2 Å². The fourth-order valence-electron chi connectivity index (χ4n) is 2.38. The number of amides is 1. The highest BCUT2D eigenvalue weighted by atomic mass is 35.5. The summed E-state index contributed by atoms with van der Waals surface area (Å²) in [7, 11) is -3.48. The number of sulfonamides is 1. The van der Waals surface area contributed by atoms with Crippen molar-refractivity contribution in [3.63, 3.8) is 0 Å². The van der Waals surface area contributed by atoms with E-state index in [4.69, 9.17) is 11.6 Å². The van der Waals surface area contributed by atoms with Gasteiger partial charge in [-0.1, -0.05) is 11.6 Å². The van der Waals surface area contributed by atoms with Crippen molar-refractivity contribution < 1.29 is 13.2 Å². The highest BCUT2D eigenvalue weighted by molar-refractivity contribution is 7.89. The number of rotatable bonds is 4. The summed E-state index contributed by atoms with van der Waals surface area (Å²) in [6, 6.07) is 8.17. The van der Waals surface area contributed by atoms with E-state index >= 15 is 0 Å². The molecule has 23 heavy (non-hydrogen) atoms. The minimum atomic E-state index is -3.48. The average Bonchev–Trinajstić information content (AvgIpc) is 3.21. The molecule has 0 unspecified atom stereocenters. The summed E-state index contributed by atoms with van der Waals surface area (Å²) in [6.07, 6.45) is 1.76. The van der Waals surface area contributed by atoms with Crippen molar-refractivity contribution in [1.29, 1.82) is 0 Å². The summed E-state index contributed by atoms with van der Waals surface area (Å²) in [5.41, 5.74) is 0.608. The number of hydrogen-bond donors (Lipinski definition) is 1. The molecule has 1 aromatic carbocycles. The zero-order valence-corrected chi connectivity index (χ0v) is 14.5. The Morgan fingerprint density at radius 3 is 2.48 bits per heavy atom. The van der Waals surface area contributed by atoms with E-state index in [2.05, 4.69) is 5.32 Å². The maximum Gasteiger partial charge on any atom is 0.265 e. The largest absolute Gasteiger partial charge is 0.321 e. The molecule has 5 nitrogen and oxygen atoms in total. The Bertz CT molecular complexity index is 810. The van der Waals surface area contributed by atoms with Crippen molar-refractivity contribution in [3.8, 4) is 0 Å². The standard InChI is InChI=1S/C15H15ClN2O3S2/c16-11-3-5-12(6-4-11)17-15(19)14-9-13(10-22-14)23(20,21)18-7-1-2-8-18/h3-6,9-10H,1-2,7-8H2,(H,17,19). The Kier molecular flexibility index (Phi) is 4.72. The second-order valence-corrected chi connectivity index (χ2v) is 8.50. The summed E-state index contributed by atoms with van der Waals surface area (Å²) in [5, 5.41) is 4.82. The van der Waals surface area contributed by atoms with Crippen LogP contribution in [0.1, 0.15) is 22.5 Å². The lowest BCUT2D eigenvalue weighted by atomic mass is 10.3. The Hall–Kier alpha value is -1.41. The van der Waals surface area contributed by atoms with Gasteiger partial charge in [0.15, 0.2) is 0 Å². The first-order chi connectivity index (χ1) is 11.0. The van der Waals surface area contributed by atoms with Crippen LogP contribution in [0.3, 0.4) is 0 Å². The van der Waals surface area contributed by atoms with Gasteiger partial charge in [0.1, 0.15) is 0 Å². The van der Waals surface area contributed by atoms with Crippen LogP contribution in [0.25, 0.3) is 0 Å². The fraction of sp³-hybridized carbons (Fsp3) is 0.267. The molecule has 1 fully saturated rings. The lowest BCUT2D eigenvalue weighted by Gasteiger charge is -2.13. The van der Waals surface area contributed by atoms with Crippen LogP contribution in [0.4, 0.5) is 5.69 Å². The van der Waals surface area contributed by atoms with E-state index in [1.54, 1.807) is 24.3 Å². The van der Waals surface area contributed by atoms with Gasteiger partial charge in [-0.2, -0.15) is 4.31 Å². The van der Waals surface area contributed by atoms with Crippen LogP contribution in [0, 0.1) is 0 Å². The lowest BCUT2D eigenvalue weighted by molar-refractivity contribution is 0.103. The molecule has 122 valence electrons. The maximum absolute atomic E-state index is 12.5. The van der Waals surface area contributed by atoms with E-state index in [-0.39, 0.29) is 10.8 Å². The quantitative estimate of drug-likeness (QED) is 0.896. The average molecular weight is 371 g/mol. The molecule has 0 atom stereocenters. The maximum atomic E-state index is 12.5. The van der Waals surface area contributed by atoms with Crippen LogP contribution in [0.5, 0.6) is 0 Å². The molecule has 1 aliphatic rings. The van der Waals surface area contributed by atoms with Gasteiger partial charge >= 0.3 is 0 Å². The molecular weight excluding hydrogens is 356 g/mol. The van der Waals surface area contributed by atoms with Gasteiger partial charge in [0, 0.05) is 29.2 Å². The number of benzene rings is 1. The summed E-state index contributed by atoms with van der Waals surface area (Å²) in [6.45, 7) is 1.09. The number of halogens is 1. The van der Waals surface area contributed by atoms with Crippen LogP contribution in [0.15, 0.2) is 40.6 Å². The van der Waals surface area contributed by atoms with Crippen molar-refractivity contribution >= 4 is 44.6 Å². The van der Waals surface area contributed by atoms with Crippen molar-refractivity contribution in [2.75, 3.05) is 18.4 Å². The summed E-state index contributed by atoms with van der Waals surface area (Å²) in [5.74, 6) is -0.333. The summed E-state index contributed by atoms with van der Waals surface area (Å²) in [4.78, 5) is 12.8. The molecule has 0 aliphatic carbocycles. The molecule has 1 N–H and O–H groups in total. The van der Waals surface area contributed by atoms with Crippen LogP contribution in [-0.4, -0.2) is 31.7 Å². The smallest absolute Gasteiger partial charge is 0.265 e. The molecule has 8 heteroatoms. The SMILES string of the molecule is O=C(Nc1ccc(Cl)cc1)c1cc(S(=O)(=O)N2CCCC2)cs1. The highest BCUT2D eigenvalue weighted by Gasteiger charge is 2.28. The number of anilines is 1. The van der Waals surface area contributed by atoms with Gasteiger partial charge in [-0.15, -0.1) is 11.3 Å². The van der Waals surface area contributed by atoms with Crippen LogP contribution < -0.4 is 5.32 Å². The second kappa shape index (κ2) is 6.60. The van der Waals surface area contributed by atoms with Crippen molar-refractivity contribution in [2.24, 2.45) is 0 Å². The van der Waals surface area contributed by atoms with E-state index in [1.165, 1.54) is 15.8 Å². The van der Waals surface area contributed by atoms with Crippen LogP contribution in [-0.2, 0) is 10.0 Å². The van der Waals surface area contributed by atoms with Crippen molar-refractivity contribution in [2.45, 2.75) is 17.7 Å².